The molecule has 2 rings (SSSR count). The topological polar surface area (TPSA) is 59.0 Å². The highest BCUT2D eigenvalue weighted by atomic mass is 19.1. The summed E-state index contributed by atoms with van der Waals surface area (Å²) >= 11 is 0. The third-order valence-electron chi connectivity index (χ3n) is 2.66. The van der Waals surface area contributed by atoms with Crippen LogP contribution < -0.4 is 10.5 Å². The van der Waals surface area contributed by atoms with E-state index in [1.165, 1.54) is 12.1 Å². The lowest BCUT2D eigenvalue weighted by molar-refractivity contribution is 0.304. The molecule has 0 saturated heterocycles. The zero-order chi connectivity index (χ0) is 13.7. The molecule has 0 amide bonds. The van der Waals surface area contributed by atoms with Gasteiger partial charge in [-0.3, -0.25) is 0 Å². The molecule has 0 spiro atoms. The van der Waals surface area contributed by atoms with Crippen molar-refractivity contribution in [1.82, 2.24) is 0 Å². The maximum atomic E-state index is 13.3. The number of nitriles is 1. The van der Waals surface area contributed by atoms with Gasteiger partial charge in [0.1, 0.15) is 18.2 Å². The molecule has 2 aromatic carbocycles. The van der Waals surface area contributed by atoms with Crippen molar-refractivity contribution in [1.29, 1.82) is 5.26 Å². The second-order valence-electron chi connectivity index (χ2n) is 4.10. The van der Waals surface area contributed by atoms with E-state index in [0.717, 1.165) is 5.56 Å². The lowest BCUT2D eigenvalue weighted by atomic mass is 10.1. The highest BCUT2D eigenvalue weighted by Gasteiger charge is 2.02. The molecule has 0 aromatic heterocycles. The summed E-state index contributed by atoms with van der Waals surface area (Å²) in [6, 6.07) is 13.5. The Labute approximate surface area is 111 Å². The summed E-state index contributed by atoms with van der Waals surface area (Å²) in [6.45, 7) is 0.587. The monoisotopic (exact) mass is 256 g/mol. The number of nitrogens with two attached hydrogens (primary N) is 1. The summed E-state index contributed by atoms with van der Waals surface area (Å²) in [5.41, 5.74) is 7.68. The van der Waals surface area contributed by atoms with Gasteiger partial charge in [-0.25, -0.2) is 4.39 Å². The van der Waals surface area contributed by atoms with Gasteiger partial charge in [0.15, 0.2) is 0 Å². The van der Waals surface area contributed by atoms with E-state index in [0.29, 0.717) is 23.5 Å². The van der Waals surface area contributed by atoms with Crippen LogP contribution in [0.4, 0.5) is 4.39 Å². The molecule has 2 aromatic rings. The second-order valence-corrected chi connectivity index (χ2v) is 4.10. The van der Waals surface area contributed by atoms with Crippen molar-refractivity contribution < 1.29 is 9.13 Å². The number of halogens is 1. The summed E-state index contributed by atoms with van der Waals surface area (Å²) in [4.78, 5) is 0. The van der Waals surface area contributed by atoms with E-state index in [1.807, 2.05) is 18.2 Å². The Kier molecular flexibility index (Phi) is 4.11. The highest BCUT2D eigenvalue weighted by Crippen LogP contribution is 2.17. The van der Waals surface area contributed by atoms with Crippen LogP contribution in [0, 0.1) is 17.1 Å². The van der Waals surface area contributed by atoms with Gasteiger partial charge in [-0.2, -0.15) is 5.26 Å². The van der Waals surface area contributed by atoms with Gasteiger partial charge in [0.2, 0.25) is 0 Å². The molecule has 0 saturated carbocycles. The molecule has 0 aliphatic rings. The molecular formula is C15H13FN2O. The van der Waals surface area contributed by atoms with E-state index >= 15 is 0 Å². The summed E-state index contributed by atoms with van der Waals surface area (Å²) in [5.74, 6) is 0.0857. The molecule has 96 valence electrons. The van der Waals surface area contributed by atoms with E-state index < -0.39 is 0 Å². The van der Waals surface area contributed by atoms with Crippen LogP contribution in [0.5, 0.6) is 5.75 Å². The van der Waals surface area contributed by atoms with E-state index in [-0.39, 0.29) is 12.4 Å². The molecule has 0 aliphatic heterocycles. The van der Waals surface area contributed by atoms with E-state index in [9.17, 15) is 4.39 Å². The van der Waals surface area contributed by atoms with Crippen molar-refractivity contribution in [3.05, 3.63) is 65.0 Å². The average Bonchev–Trinajstić information content (AvgIpc) is 2.45. The molecule has 0 radical (unpaired) electrons. The third kappa shape index (κ3) is 3.54. The van der Waals surface area contributed by atoms with Gasteiger partial charge in [0.05, 0.1) is 11.6 Å². The molecule has 4 heteroatoms. The van der Waals surface area contributed by atoms with Crippen LogP contribution in [0.15, 0.2) is 42.5 Å². The van der Waals surface area contributed by atoms with Gasteiger partial charge in [0, 0.05) is 12.6 Å². The molecular weight excluding hydrogens is 243 g/mol. The highest BCUT2D eigenvalue weighted by molar-refractivity contribution is 5.32. The number of hydrogen-bond donors (Lipinski definition) is 1. The Balaban J connectivity index is 2.05. The number of nitrogens with zero attached hydrogens (tertiary/aromatic N) is 1. The fraction of sp³-hybridized carbons (Fsp3) is 0.133. The number of ether oxygens (including phenoxy) is 1. The molecule has 3 nitrogen and oxygen atoms in total. The normalized spacial score (nSPS) is 9.95. The van der Waals surface area contributed by atoms with E-state index in [1.54, 1.807) is 18.2 Å². The molecule has 0 aliphatic carbocycles. The van der Waals surface area contributed by atoms with Gasteiger partial charge in [-0.1, -0.05) is 12.1 Å². The summed E-state index contributed by atoms with van der Waals surface area (Å²) in [6.07, 6.45) is 0. The first-order chi connectivity index (χ1) is 9.21. The van der Waals surface area contributed by atoms with Gasteiger partial charge in [0.25, 0.3) is 0 Å². The molecule has 0 unspecified atom stereocenters. The predicted octanol–water partition coefficient (Wildman–Crippen LogP) is 2.74. The Bertz CT molecular complexity index is 603. The van der Waals surface area contributed by atoms with E-state index in [4.69, 9.17) is 15.7 Å². The Morgan fingerprint density at radius 1 is 1.11 bits per heavy atom. The van der Waals surface area contributed by atoms with Crippen molar-refractivity contribution in [2.75, 3.05) is 0 Å². The first kappa shape index (κ1) is 13.1. The van der Waals surface area contributed by atoms with Crippen LogP contribution in [-0.2, 0) is 13.2 Å². The third-order valence-corrected chi connectivity index (χ3v) is 2.66. The Morgan fingerprint density at radius 3 is 2.47 bits per heavy atom. The smallest absolute Gasteiger partial charge is 0.127 e. The predicted molar refractivity (Wildman–Crippen MR) is 69.8 cm³/mol. The molecule has 0 atom stereocenters. The van der Waals surface area contributed by atoms with Crippen molar-refractivity contribution in [3.8, 4) is 11.8 Å². The van der Waals surface area contributed by atoms with Gasteiger partial charge in [-0.15, -0.1) is 0 Å². The standard InChI is InChI=1S/C15H13FN2O/c16-14-5-13(9-18)6-15(7-14)19-10-12-3-1-11(8-17)2-4-12/h1-7H,9-10,18H2. The lowest BCUT2D eigenvalue weighted by Crippen LogP contribution is -2.00. The minimum Gasteiger partial charge on any atom is -0.489 e. The van der Waals surface area contributed by atoms with Crippen molar-refractivity contribution in [2.24, 2.45) is 5.73 Å². The number of hydrogen-bond acceptors (Lipinski definition) is 3. The minimum atomic E-state index is -0.363. The lowest BCUT2D eigenvalue weighted by Gasteiger charge is -2.08. The van der Waals surface area contributed by atoms with Crippen LogP contribution in [0.1, 0.15) is 16.7 Å². The quantitative estimate of drug-likeness (QED) is 0.915. The van der Waals surface area contributed by atoms with Crippen molar-refractivity contribution >= 4 is 0 Å². The largest absolute Gasteiger partial charge is 0.489 e. The van der Waals surface area contributed by atoms with Crippen LogP contribution in [0.3, 0.4) is 0 Å². The van der Waals surface area contributed by atoms with Crippen LogP contribution in [0.2, 0.25) is 0 Å². The summed E-state index contributed by atoms with van der Waals surface area (Å²) in [5, 5.41) is 8.69. The van der Waals surface area contributed by atoms with Gasteiger partial charge in [-0.05, 0) is 35.4 Å². The first-order valence-electron chi connectivity index (χ1n) is 5.82. The second kappa shape index (κ2) is 5.98. The molecule has 0 bridgehead atoms. The van der Waals surface area contributed by atoms with Crippen molar-refractivity contribution in [3.63, 3.8) is 0 Å². The Hall–Kier alpha value is -2.38. The summed E-state index contributed by atoms with van der Waals surface area (Å²) < 4.78 is 18.8. The zero-order valence-electron chi connectivity index (χ0n) is 10.3. The van der Waals surface area contributed by atoms with Crippen molar-refractivity contribution in [2.45, 2.75) is 13.2 Å². The van der Waals surface area contributed by atoms with E-state index in [2.05, 4.69) is 0 Å². The maximum Gasteiger partial charge on any atom is 0.127 e. The van der Waals surface area contributed by atoms with Crippen LogP contribution >= 0.6 is 0 Å². The zero-order valence-corrected chi connectivity index (χ0v) is 10.3. The molecule has 19 heavy (non-hydrogen) atoms. The molecule has 0 fully saturated rings. The maximum absolute atomic E-state index is 13.3. The average molecular weight is 256 g/mol. The number of benzene rings is 2. The van der Waals surface area contributed by atoms with Crippen LogP contribution in [-0.4, -0.2) is 0 Å². The fourth-order valence-electron chi connectivity index (χ4n) is 1.66. The first-order valence-corrected chi connectivity index (χ1v) is 5.82. The molecule has 2 N–H and O–H groups in total. The summed E-state index contributed by atoms with van der Waals surface area (Å²) in [7, 11) is 0. The van der Waals surface area contributed by atoms with Crippen LogP contribution in [0.25, 0.3) is 0 Å². The SMILES string of the molecule is N#Cc1ccc(COc2cc(F)cc(CN)c2)cc1. The van der Waals surface area contributed by atoms with Gasteiger partial charge < -0.3 is 10.5 Å². The Morgan fingerprint density at radius 2 is 1.84 bits per heavy atom. The molecule has 0 heterocycles. The fourth-order valence-corrected chi connectivity index (χ4v) is 1.66. The minimum absolute atomic E-state index is 0.269. The number of rotatable bonds is 4. The van der Waals surface area contributed by atoms with Gasteiger partial charge >= 0.3 is 0 Å².